The molecular formula is C7H11NVW. The van der Waals surface area contributed by atoms with Crippen molar-refractivity contribution in [1.29, 1.82) is 0 Å². The van der Waals surface area contributed by atoms with Crippen LogP contribution in [-0.2, 0) is 36.3 Å². The molecule has 0 radical (unpaired) electrons. The van der Waals surface area contributed by atoms with Gasteiger partial charge < -0.3 is 0 Å². The molecule has 0 aliphatic rings. The summed E-state index contributed by atoms with van der Waals surface area (Å²) in [5.41, 5.74) is 0. The standard InChI is InChI=1S/C4H6.C3H5N.V.W/c2*1-3-4-2;;/h3-4H,1-2H2;2,4H,1H3;;. The molecule has 0 aromatic heterocycles. The van der Waals surface area contributed by atoms with Crippen molar-refractivity contribution in [2.45, 2.75) is 6.92 Å². The van der Waals surface area contributed by atoms with Gasteiger partial charge in [0.05, 0.1) is 0 Å². The van der Waals surface area contributed by atoms with Crippen molar-refractivity contribution in [3.8, 4) is 0 Å². The van der Waals surface area contributed by atoms with Crippen LogP contribution in [0.25, 0.3) is 0 Å². The second kappa shape index (κ2) is 12.2. The van der Waals surface area contributed by atoms with Gasteiger partial charge >= 0.3 is 57.4 Å². The van der Waals surface area contributed by atoms with Crippen LogP contribution >= 0.6 is 0 Å². The minimum atomic E-state index is 1.30. The first-order chi connectivity index (χ1) is 4.68. The molecule has 0 atom stereocenters. The molecular weight excluding hydrogens is 333 g/mol. The number of hydrogen-bond donors (Lipinski definition) is 1. The van der Waals surface area contributed by atoms with Gasteiger partial charge in [-0.15, -0.1) is 0 Å². The normalized spacial score (nSPS) is 6.40. The second-order valence-electron chi connectivity index (χ2n) is 1.30. The molecule has 0 aliphatic carbocycles. The Balaban J connectivity index is 0. The van der Waals surface area contributed by atoms with Crippen LogP contribution in [0, 0.1) is 0 Å². The van der Waals surface area contributed by atoms with E-state index >= 15 is 0 Å². The molecule has 0 unspecified atom stereocenters. The SMILES string of the molecule is C=CC=C.C[C](=[W])N[CH]=[V]. The van der Waals surface area contributed by atoms with Crippen LogP contribution in [0.4, 0.5) is 0 Å². The zero-order valence-electron chi connectivity index (χ0n) is 6.00. The molecule has 0 heterocycles. The van der Waals surface area contributed by atoms with Gasteiger partial charge in [-0.2, -0.15) is 0 Å². The Bertz CT molecular complexity index is 126. The summed E-state index contributed by atoms with van der Waals surface area (Å²) in [5, 5.41) is 3.01. The van der Waals surface area contributed by atoms with Crippen LogP contribution in [0.3, 0.4) is 0 Å². The van der Waals surface area contributed by atoms with E-state index in [4.69, 9.17) is 0 Å². The summed E-state index contributed by atoms with van der Waals surface area (Å²) in [4.78, 5) is 1.87. The maximum absolute atomic E-state index is 3.36. The molecule has 0 aliphatic heterocycles. The van der Waals surface area contributed by atoms with E-state index in [0.29, 0.717) is 0 Å². The third kappa shape index (κ3) is 23.7. The summed E-state index contributed by atoms with van der Waals surface area (Å²) >= 11 is 3.85. The fourth-order valence-corrected chi connectivity index (χ4v) is 1.16. The monoisotopic (exact) mass is 344 g/mol. The van der Waals surface area contributed by atoms with Crippen LogP contribution < -0.4 is 5.32 Å². The summed E-state index contributed by atoms with van der Waals surface area (Å²) < 4.78 is 1.30. The van der Waals surface area contributed by atoms with Crippen LogP contribution in [-0.4, -0.2) is 8.88 Å². The van der Waals surface area contributed by atoms with Gasteiger partial charge in [0.25, 0.3) is 0 Å². The molecule has 55 valence electrons. The van der Waals surface area contributed by atoms with E-state index in [1.807, 2.05) is 4.85 Å². The zero-order valence-corrected chi connectivity index (χ0v) is 10.3. The molecule has 0 saturated heterocycles. The van der Waals surface area contributed by atoms with Gasteiger partial charge in [-0.05, 0) is 0 Å². The molecule has 0 rings (SSSR count). The van der Waals surface area contributed by atoms with Crippen LogP contribution in [0.1, 0.15) is 6.92 Å². The average Bonchev–Trinajstić information content (AvgIpc) is 1.89. The fourth-order valence-electron chi connectivity index (χ4n) is 0.0909. The van der Waals surface area contributed by atoms with Gasteiger partial charge in [-0.3, -0.25) is 0 Å². The Labute approximate surface area is 82.5 Å². The van der Waals surface area contributed by atoms with Crippen LogP contribution in [0.15, 0.2) is 25.3 Å². The van der Waals surface area contributed by atoms with Crippen molar-refractivity contribution in [2.24, 2.45) is 0 Å². The van der Waals surface area contributed by atoms with E-state index in [2.05, 4.69) is 42.4 Å². The second-order valence-corrected chi connectivity index (χ2v) is 3.90. The first-order valence-electron chi connectivity index (χ1n) is 2.65. The van der Waals surface area contributed by atoms with E-state index in [1.165, 1.54) is 23.4 Å². The maximum atomic E-state index is 3.36. The van der Waals surface area contributed by atoms with Crippen molar-refractivity contribution in [2.75, 3.05) is 0 Å². The quantitative estimate of drug-likeness (QED) is 0.752. The first-order valence-corrected chi connectivity index (χ1v) is 4.92. The van der Waals surface area contributed by atoms with Crippen molar-refractivity contribution in [1.82, 2.24) is 5.32 Å². The molecule has 0 aromatic rings. The van der Waals surface area contributed by atoms with E-state index < -0.39 is 0 Å². The van der Waals surface area contributed by atoms with Gasteiger partial charge in [0, 0.05) is 0 Å². The first kappa shape index (κ1) is 13.1. The van der Waals surface area contributed by atoms with Crippen LogP contribution in [0.5, 0.6) is 0 Å². The Morgan fingerprint density at radius 2 is 1.90 bits per heavy atom. The molecule has 0 amide bonds. The summed E-state index contributed by atoms with van der Waals surface area (Å²) in [5.74, 6) is 0. The third-order valence-electron chi connectivity index (χ3n) is 0.434. The molecule has 10 heavy (non-hydrogen) atoms. The zero-order chi connectivity index (χ0) is 8.41. The molecule has 0 aromatic carbocycles. The summed E-state index contributed by atoms with van der Waals surface area (Å²) in [6.45, 7) is 8.78. The molecule has 0 bridgehead atoms. The molecule has 0 fully saturated rings. The van der Waals surface area contributed by atoms with Crippen molar-refractivity contribution in [3.05, 3.63) is 25.3 Å². The van der Waals surface area contributed by atoms with Crippen molar-refractivity contribution in [3.63, 3.8) is 0 Å². The van der Waals surface area contributed by atoms with Gasteiger partial charge in [0.1, 0.15) is 0 Å². The van der Waals surface area contributed by atoms with Gasteiger partial charge in [-0.1, -0.05) is 25.3 Å². The third-order valence-corrected chi connectivity index (χ3v) is 1.06. The van der Waals surface area contributed by atoms with E-state index in [-0.39, 0.29) is 0 Å². The summed E-state index contributed by atoms with van der Waals surface area (Å²) in [7, 11) is 0. The number of hydrogen-bond acceptors (Lipinski definition) is 1. The Kier molecular flexibility index (Phi) is 15.9. The van der Waals surface area contributed by atoms with Crippen molar-refractivity contribution >= 4 is 8.88 Å². The van der Waals surface area contributed by atoms with Gasteiger partial charge in [0.15, 0.2) is 0 Å². The molecule has 0 spiro atoms. The summed E-state index contributed by atoms with van der Waals surface area (Å²) in [6, 6.07) is 0. The average molecular weight is 344 g/mol. The number of nitrogens with one attached hydrogen (secondary N) is 1. The number of rotatable bonds is 3. The van der Waals surface area contributed by atoms with Crippen LogP contribution in [0.2, 0.25) is 0 Å². The predicted octanol–water partition coefficient (Wildman–Crippen LogP) is 0.938. The van der Waals surface area contributed by atoms with Crippen molar-refractivity contribution < 1.29 is 36.3 Å². The number of allylic oxidation sites excluding steroid dienone is 2. The van der Waals surface area contributed by atoms with Gasteiger partial charge in [0.2, 0.25) is 0 Å². The Morgan fingerprint density at radius 3 is 1.90 bits per heavy atom. The molecule has 3 heteroatoms. The fraction of sp³-hybridized carbons (Fsp3) is 0.143. The van der Waals surface area contributed by atoms with Gasteiger partial charge in [-0.25, -0.2) is 0 Å². The molecule has 1 nitrogen and oxygen atoms in total. The molecule has 0 saturated carbocycles. The molecule has 1 N–H and O–H groups in total. The van der Waals surface area contributed by atoms with E-state index in [9.17, 15) is 0 Å². The van der Waals surface area contributed by atoms with E-state index in [1.54, 1.807) is 12.2 Å². The topological polar surface area (TPSA) is 12.0 Å². The summed E-state index contributed by atoms with van der Waals surface area (Å²) in [6.07, 6.45) is 3.28. The Morgan fingerprint density at radius 1 is 1.50 bits per heavy atom. The van der Waals surface area contributed by atoms with E-state index in [0.717, 1.165) is 0 Å². The minimum absolute atomic E-state index is 1.30. The Hall–Kier alpha value is 0.453. The predicted molar refractivity (Wildman–Crippen MR) is 40.3 cm³/mol.